The van der Waals surface area contributed by atoms with Crippen molar-refractivity contribution in [1.82, 2.24) is 0 Å². The first kappa shape index (κ1) is 22.9. The lowest BCUT2D eigenvalue weighted by atomic mass is 9.99. The van der Waals surface area contributed by atoms with Crippen LogP contribution in [-0.2, 0) is 6.42 Å². The van der Waals surface area contributed by atoms with Crippen LogP contribution in [0.25, 0.3) is 11.0 Å². The highest BCUT2D eigenvalue weighted by molar-refractivity contribution is 6.14. The van der Waals surface area contributed by atoms with Crippen LogP contribution in [-0.4, -0.2) is 10.6 Å². The van der Waals surface area contributed by atoms with Crippen LogP contribution in [0.3, 0.4) is 0 Å². The van der Waals surface area contributed by atoms with E-state index in [0.717, 1.165) is 27.8 Å². The Kier molecular flexibility index (Phi) is 6.24. The number of hydrogen-bond donors (Lipinski definition) is 0. The van der Waals surface area contributed by atoms with E-state index < -0.39 is 10.5 Å². The van der Waals surface area contributed by atoms with Gasteiger partial charge in [-0.25, -0.2) is 9.79 Å². The Balaban J connectivity index is 1.56. The van der Waals surface area contributed by atoms with E-state index in [1.165, 1.54) is 12.1 Å². The fraction of sp³-hybridized carbons (Fsp3) is 0.0667. The first-order valence-corrected chi connectivity index (χ1v) is 11.5. The summed E-state index contributed by atoms with van der Waals surface area (Å²) in [6.07, 6.45) is 0.248. The van der Waals surface area contributed by atoms with Crippen molar-refractivity contribution in [3.8, 4) is 0 Å². The van der Waals surface area contributed by atoms with Crippen LogP contribution in [0.2, 0.25) is 0 Å². The summed E-state index contributed by atoms with van der Waals surface area (Å²) >= 11 is 0. The molecular weight excluding hydrogens is 452 g/mol. The molecule has 0 fully saturated rings. The quantitative estimate of drug-likeness (QED) is 0.118. The Morgan fingerprint density at radius 2 is 1.53 bits per heavy atom. The lowest BCUT2D eigenvalue weighted by Crippen LogP contribution is -2.11. The van der Waals surface area contributed by atoms with Crippen molar-refractivity contribution < 1.29 is 9.34 Å². The fourth-order valence-electron chi connectivity index (χ4n) is 4.26. The normalized spacial score (nSPS) is 10.8. The van der Waals surface area contributed by atoms with Crippen molar-refractivity contribution in [2.75, 3.05) is 0 Å². The van der Waals surface area contributed by atoms with Crippen LogP contribution in [0.15, 0.2) is 117 Å². The first-order chi connectivity index (χ1) is 17.5. The van der Waals surface area contributed by atoms with Gasteiger partial charge in [-0.3, -0.25) is 10.1 Å². The van der Waals surface area contributed by atoms with Crippen molar-refractivity contribution >= 4 is 28.1 Å². The molecule has 0 radical (unpaired) electrons. The molecule has 0 saturated carbocycles. The van der Waals surface area contributed by atoms with Gasteiger partial charge in [0.1, 0.15) is 5.58 Å². The molecule has 0 aliphatic rings. The standard InChI is InChI=1S/C30H22N2O4/c1-20-26-16-15-24(31-29(22-10-4-2-5-11-22)23-12-6-3-7-13-23)19-28(26)36-30(33)27(20)18-21-9-8-14-25(17-21)32(34)35/h2-17,19H,18H2,1H3. The molecule has 0 bridgehead atoms. The highest BCUT2D eigenvalue weighted by Crippen LogP contribution is 2.27. The molecule has 5 rings (SSSR count). The topological polar surface area (TPSA) is 85.7 Å². The lowest BCUT2D eigenvalue weighted by Gasteiger charge is -2.10. The van der Waals surface area contributed by atoms with Gasteiger partial charge in [-0.1, -0.05) is 72.8 Å². The third kappa shape index (κ3) is 4.70. The number of fused-ring (bicyclic) bond motifs is 1. The van der Waals surface area contributed by atoms with Crippen LogP contribution in [0.4, 0.5) is 11.4 Å². The number of hydrogen-bond acceptors (Lipinski definition) is 5. The molecule has 4 aromatic carbocycles. The number of nitro groups is 1. The molecule has 6 nitrogen and oxygen atoms in total. The first-order valence-electron chi connectivity index (χ1n) is 11.5. The predicted octanol–water partition coefficient (Wildman–Crippen LogP) is 6.77. The van der Waals surface area contributed by atoms with Gasteiger partial charge in [0.15, 0.2) is 0 Å². The maximum Gasteiger partial charge on any atom is 0.340 e. The summed E-state index contributed by atoms with van der Waals surface area (Å²) in [5, 5.41) is 11.9. The second-order valence-corrected chi connectivity index (χ2v) is 8.47. The second kappa shape index (κ2) is 9.80. The highest BCUT2D eigenvalue weighted by atomic mass is 16.6. The molecule has 6 heteroatoms. The molecule has 0 aliphatic carbocycles. The molecule has 5 aromatic rings. The van der Waals surface area contributed by atoms with Gasteiger partial charge >= 0.3 is 5.63 Å². The lowest BCUT2D eigenvalue weighted by molar-refractivity contribution is -0.384. The zero-order valence-corrected chi connectivity index (χ0v) is 19.5. The minimum Gasteiger partial charge on any atom is -0.422 e. The van der Waals surface area contributed by atoms with Crippen LogP contribution < -0.4 is 5.63 Å². The molecule has 0 spiro atoms. The number of aliphatic imine (C=N–C) groups is 1. The number of nitro benzene ring substituents is 1. The second-order valence-electron chi connectivity index (χ2n) is 8.47. The minimum atomic E-state index is -0.459. The fourth-order valence-corrected chi connectivity index (χ4v) is 4.26. The number of benzene rings is 4. The Hall–Kier alpha value is -4.84. The molecule has 36 heavy (non-hydrogen) atoms. The SMILES string of the molecule is Cc1c(Cc2cccc([N+](=O)[O-])c2)c(=O)oc2cc(N=C(c3ccccc3)c3ccccc3)ccc12. The van der Waals surface area contributed by atoms with Gasteiger partial charge in [0, 0.05) is 46.7 Å². The van der Waals surface area contributed by atoms with Crippen LogP contribution in [0, 0.1) is 17.0 Å². The number of aryl methyl sites for hydroxylation is 1. The van der Waals surface area contributed by atoms with E-state index >= 15 is 0 Å². The maximum atomic E-state index is 12.9. The van der Waals surface area contributed by atoms with Crippen molar-refractivity contribution in [2.45, 2.75) is 13.3 Å². The minimum absolute atomic E-state index is 0.00882. The molecule has 0 saturated heterocycles. The van der Waals surface area contributed by atoms with Crippen LogP contribution in [0.1, 0.15) is 27.8 Å². The van der Waals surface area contributed by atoms with Crippen molar-refractivity contribution in [2.24, 2.45) is 4.99 Å². The zero-order valence-electron chi connectivity index (χ0n) is 19.5. The Labute approximate surface area is 207 Å². The molecule has 0 aliphatic heterocycles. The summed E-state index contributed by atoms with van der Waals surface area (Å²) in [6.45, 7) is 1.87. The molecule has 0 N–H and O–H groups in total. The molecule has 176 valence electrons. The van der Waals surface area contributed by atoms with E-state index in [1.54, 1.807) is 18.2 Å². The van der Waals surface area contributed by atoms with Crippen LogP contribution >= 0.6 is 0 Å². The van der Waals surface area contributed by atoms with E-state index in [1.807, 2.05) is 79.7 Å². The third-order valence-electron chi connectivity index (χ3n) is 6.11. The van der Waals surface area contributed by atoms with Gasteiger partial charge < -0.3 is 4.42 Å². The Morgan fingerprint density at radius 3 is 2.17 bits per heavy atom. The number of rotatable bonds is 6. The molecule has 1 aromatic heterocycles. The van der Waals surface area contributed by atoms with E-state index in [2.05, 4.69) is 0 Å². The monoisotopic (exact) mass is 474 g/mol. The largest absolute Gasteiger partial charge is 0.422 e. The zero-order chi connectivity index (χ0) is 25.1. The maximum absolute atomic E-state index is 12.9. The average Bonchev–Trinajstić information content (AvgIpc) is 2.90. The van der Waals surface area contributed by atoms with Gasteiger partial charge in [-0.05, 0) is 30.2 Å². The Morgan fingerprint density at radius 1 is 0.861 bits per heavy atom. The summed E-state index contributed by atoms with van der Waals surface area (Å²) in [6, 6.07) is 31.7. The number of nitrogens with zero attached hydrogens (tertiary/aromatic N) is 2. The Bertz CT molecular complexity index is 1610. The average molecular weight is 475 g/mol. The summed E-state index contributed by atoms with van der Waals surface area (Å²) in [5.41, 5.74) is 5.36. The van der Waals surface area contributed by atoms with Crippen molar-refractivity contribution in [3.63, 3.8) is 0 Å². The van der Waals surface area contributed by atoms with Crippen molar-refractivity contribution in [3.05, 3.63) is 151 Å². The molecule has 0 amide bonds. The number of non-ortho nitro benzene ring substituents is 1. The summed E-state index contributed by atoms with van der Waals surface area (Å²) < 4.78 is 5.70. The summed E-state index contributed by atoms with van der Waals surface area (Å²) in [4.78, 5) is 28.5. The van der Waals surface area contributed by atoms with E-state index in [-0.39, 0.29) is 12.1 Å². The third-order valence-corrected chi connectivity index (χ3v) is 6.11. The van der Waals surface area contributed by atoms with Gasteiger partial charge in [0.25, 0.3) is 5.69 Å². The van der Waals surface area contributed by atoms with E-state index in [9.17, 15) is 14.9 Å². The van der Waals surface area contributed by atoms with E-state index in [0.29, 0.717) is 22.4 Å². The van der Waals surface area contributed by atoms with Crippen molar-refractivity contribution in [1.29, 1.82) is 0 Å². The highest BCUT2D eigenvalue weighted by Gasteiger charge is 2.15. The molecule has 1 heterocycles. The molecule has 0 unspecified atom stereocenters. The van der Waals surface area contributed by atoms with Gasteiger partial charge in [-0.15, -0.1) is 0 Å². The molecular formula is C30H22N2O4. The van der Waals surface area contributed by atoms with Gasteiger partial charge in [-0.2, -0.15) is 0 Å². The smallest absolute Gasteiger partial charge is 0.340 e. The van der Waals surface area contributed by atoms with Gasteiger partial charge in [0.2, 0.25) is 0 Å². The van der Waals surface area contributed by atoms with Gasteiger partial charge in [0.05, 0.1) is 16.3 Å². The summed E-state index contributed by atoms with van der Waals surface area (Å²) in [5.74, 6) is 0. The van der Waals surface area contributed by atoms with E-state index in [4.69, 9.17) is 9.41 Å². The molecule has 0 atom stereocenters. The summed E-state index contributed by atoms with van der Waals surface area (Å²) in [7, 11) is 0. The predicted molar refractivity (Wildman–Crippen MR) is 141 cm³/mol. The van der Waals surface area contributed by atoms with Crippen LogP contribution in [0.5, 0.6) is 0 Å².